The molecule has 1 saturated heterocycles. The summed E-state index contributed by atoms with van der Waals surface area (Å²) in [6.45, 7) is 1.11. The summed E-state index contributed by atoms with van der Waals surface area (Å²) >= 11 is 5.86. The molecule has 1 aromatic heterocycles. The van der Waals surface area contributed by atoms with Gasteiger partial charge in [-0.25, -0.2) is 4.98 Å². The van der Waals surface area contributed by atoms with Crippen LogP contribution in [0.1, 0.15) is 5.82 Å². The number of β-amino-alcohol motifs (C(OH)–C–C–N with tert-alkyl or cyclic N) is 2. The molecular weight excluding hydrogens is 282 g/mol. The predicted octanol–water partition coefficient (Wildman–Crippen LogP) is 0.114. The number of aliphatic hydroxyl groups is 2. The molecule has 1 aromatic carbocycles. The van der Waals surface area contributed by atoms with Gasteiger partial charge in [0.1, 0.15) is 5.82 Å². The van der Waals surface area contributed by atoms with Crippen LogP contribution in [0.5, 0.6) is 0 Å². The number of fused-ring (bicyclic) bond motifs is 1. The predicted molar refractivity (Wildman–Crippen MR) is 74.7 cm³/mol. The Labute approximate surface area is 119 Å². The summed E-state index contributed by atoms with van der Waals surface area (Å²) in [5.41, 5.74) is 0.334. The number of H-pyrrole nitrogens is 1. The Morgan fingerprint density at radius 1 is 1.35 bits per heavy atom. The van der Waals surface area contributed by atoms with E-state index in [4.69, 9.17) is 11.6 Å². The van der Waals surface area contributed by atoms with Crippen LogP contribution in [0.2, 0.25) is 5.02 Å². The summed E-state index contributed by atoms with van der Waals surface area (Å²) in [5, 5.41) is 19.9. The number of likely N-dealkylation sites (tertiary alicyclic amines) is 1. The Hall–Kier alpha value is -1.47. The minimum atomic E-state index is -0.749. The third kappa shape index (κ3) is 2.55. The van der Waals surface area contributed by atoms with E-state index in [0.717, 1.165) is 0 Å². The minimum absolute atomic E-state index is 0.243. The Morgan fingerprint density at radius 3 is 2.75 bits per heavy atom. The van der Waals surface area contributed by atoms with Crippen LogP contribution in [0.15, 0.2) is 23.0 Å². The maximum atomic E-state index is 12.0. The van der Waals surface area contributed by atoms with Crippen LogP contribution < -0.4 is 5.56 Å². The third-order valence-electron chi connectivity index (χ3n) is 3.42. The van der Waals surface area contributed by atoms with Gasteiger partial charge in [0.05, 0.1) is 29.7 Å². The summed E-state index contributed by atoms with van der Waals surface area (Å²) < 4.78 is 0. The van der Waals surface area contributed by atoms with Crippen LogP contribution in [0, 0.1) is 0 Å². The molecule has 0 unspecified atom stereocenters. The number of benzene rings is 1. The highest BCUT2D eigenvalue weighted by molar-refractivity contribution is 6.31. The first kappa shape index (κ1) is 13.5. The second kappa shape index (κ2) is 5.14. The molecular formula is C13H14ClN3O3. The second-order valence-electron chi connectivity index (χ2n) is 5.00. The van der Waals surface area contributed by atoms with E-state index in [-0.39, 0.29) is 5.56 Å². The maximum absolute atomic E-state index is 12.0. The molecule has 2 aromatic rings. The van der Waals surface area contributed by atoms with Crippen molar-refractivity contribution in [1.82, 2.24) is 14.9 Å². The summed E-state index contributed by atoms with van der Waals surface area (Å²) in [6.07, 6.45) is -1.50. The van der Waals surface area contributed by atoms with Crippen molar-refractivity contribution >= 4 is 22.5 Å². The van der Waals surface area contributed by atoms with Crippen molar-refractivity contribution in [2.45, 2.75) is 18.8 Å². The van der Waals surface area contributed by atoms with Gasteiger partial charge in [-0.3, -0.25) is 9.69 Å². The Kier molecular flexibility index (Phi) is 3.47. The van der Waals surface area contributed by atoms with E-state index >= 15 is 0 Å². The van der Waals surface area contributed by atoms with Crippen LogP contribution >= 0.6 is 11.6 Å². The average Bonchev–Trinajstić information content (AvgIpc) is 2.69. The highest BCUT2D eigenvalue weighted by atomic mass is 35.5. The lowest BCUT2D eigenvalue weighted by Crippen LogP contribution is -2.24. The van der Waals surface area contributed by atoms with Gasteiger partial charge in [-0.15, -0.1) is 0 Å². The number of hydrogen-bond donors (Lipinski definition) is 3. The molecule has 1 aliphatic heterocycles. The van der Waals surface area contributed by atoms with Crippen molar-refractivity contribution in [2.24, 2.45) is 0 Å². The first-order valence-corrected chi connectivity index (χ1v) is 6.67. The third-order valence-corrected chi connectivity index (χ3v) is 3.66. The zero-order valence-electron chi connectivity index (χ0n) is 10.6. The van der Waals surface area contributed by atoms with Crippen LogP contribution in [0.25, 0.3) is 10.9 Å². The molecule has 0 saturated carbocycles. The number of rotatable bonds is 2. The molecule has 1 fully saturated rings. The van der Waals surface area contributed by atoms with Crippen molar-refractivity contribution < 1.29 is 10.2 Å². The molecule has 3 N–H and O–H groups in total. The van der Waals surface area contributed by atoms with Gasteiger partial charge in [-0.2, -0.15) is 0 Å². The number of nitrogens with one attached hydrogen (secondary N) is 1. The largest absolute Gasteiger partial charge is 0.389 e. The Morgan fingerprint density at radius 2 is 2.05 bits per heavy atom. The molecule has 2 heterocycles. The second-order valence-corrected chi connectivity index (χ2v) is 5.44. The van der Waals surface area contributed by atoms with Crippen molar-refractivity contribution in [3.63, 3.8) is 0 Å². The number of nitrogens with zero attached hydrogens (tertiary/aromatic N) is 2. The van der Waals surface area contributed by atoms with E-state index in [2.05, 4.69) is 9.97 Å². The number of aromatic amines is 1. The van der Waals surface area contributed by atoms with Crippen LogP contribution in [-0.2, 0) is 6.54 Å². The average molecular weight is 296 g/mol. The van der Waals surface area contributed by atoms with Gasteiger partial charge in [0.2, 0.25) is 0 Å². The molecule has 0 spiro atoms. The fraction of sp³-hybridized carbons (Fsp3) is 0.385. The monoisotopic (exact) mass is 295 g/mol. The van der Waals surface area contributed by atoms with Gasteiger partial charge < -0.3 is 15.2 Å². The van der Waals surface area contributed by atoms with E-state index in [1.807, 2.05) is 4.90 Å². The van der Waals surface area contributed by atoms with Crippen molar-refractivity contribution in [3.05, 3.63) is 39.4 Å². The topological polar surface area (TPSA) is 89.5 Å². The molecule has 0 bridgehead atoms. The van der Waals surface area contributed by atoms with Crippen LogP contribution in [-0.4, -0.2) is 50.4 Å². The van der Waals surface area contributed by atoms with Gasteiger partial charge in [0.25, 0.3) is 5.56 Å². The first-order chi connectivity index (χ1) is 9.52. The van der Waals surface area contributed by atoms with Crippen molar-refractivity contribution in [2.75, 3.05) is 13.1 Å². The first-order valence-electron chi connectivity index (χ1n) is 6.30. The number of hydrogen-bond acceptors (Lipinski definition) is 5. The van der Waals surface area contributed by atoms with Gasteiger partial charge in [-0.05, 0) is 18.2 Å². The smallest absolute Gasteiger partial charge is 0.258 e. The zero-order valence-corrected chi connectivity index (χ0v) is 11.3. The molecule has 0 radical (unpaired) electrons. The Balaban J connectivity index is 1.90. The number of aromatic nitrogens is 2. The molecule has 20 heavy (non-hydrogen) atoms. The van der Waals surface area contributed by atoms with E-state index < -0.39 is 12.2 Å². The van der Waals surface area contributed by atoms with Crippen molar-refractivity contribution in [1.29, 1.82) is 0 Å². The molecule has 6 nitrogen and oxygen atoms in total. The summed E-state index contributed by atoms with van der Waals surface area (Å²) in [7, 11) is 0. The molecule has 2 atom stereocenters. The van der Waals surface area contributed by atoms with E-state index in [1.54, 1.807) is 18.2 Å². The normalized spacial score (nSPS) is 23.6. The Bertz CT molecular complexity index is 693. The molecule has 106 valence electrons. The fourth-order valence-corrected chi connectivity index (χ4v) is 2.59. The molecule has 0 amide bonds. The summed E-state index contributed by atoms with van der Waals surface area (Å²) in [4.78, 5) is 20.9. The van der Waals surface area contributed by atoms with Gasteiger partial charge in [0, 0.05) is 18.1 Å². The molecule has 1 aliphatic rings. The van der Waals surface area contributed by atoms with Crippen molar-refractivity contribution in [3.8, 4) is 0 Å². The summed E-state index contributed by atoms with van der Waals surface area (Å²) in [6, 6.07) is 4.96. The quantitative estimate of drug-likeness (QED) is 0.732. The van der Waals surface area contributed by atoms with Crippen LogP contribution in [0.4, 0.5) is 0 Å². The number of halogens is 1. The van der Waals surface area contributed by atoms with Gasteiger partial charge >= 0.3 is 0 Å². The van der Waals surface area contributed by atoms with E-state index in [0.29, 0.717) is 41.4 Å². The minimum Gasteiger partial charge on any atom is -0.389 e. The van der Waals surface area contributed by atoms with E-state index in [9.17, 15) is 15.0 Å². The van der Waals surface area contributed by atoms with Crippen LogP contribution in [0.3, 0.4) is 0 Å². The lowest BCUT2D eigenvalue weighted by Gasteiger charge is -2.13. The maximum Gasteiger partial charge on any atom is 0.258 e. The number of aliphatic hydroxyl groups excluding tert-OH is 2. The molecule has 0 aliphatic carbocycles. The lowest BCUT2D eigenvalue weighted by atomic mass is 10.2. The molecule has 7 heteroatoms. The van der Waals surface area contributed by atoms with Gasteiger partial charge in [-0.1, -0.05) is 11.6 Å². The SMILES string of the molecule is O=c1[nH]c(CN2C[C@@H](O)[C@@H](O)C2)nc2ccc(Cl)cc12. The van der Waals surface area contributed by atoms with Gasteiger partial charge in [0.15, 0.2) is 0 Å². The summed E-state index contributed by atoms with van der Waals surface area (Å²) in [5.74, 6) is 0.506. The highest BCUT2D eigenvalue weighted by Crippen LogP contribution is 2.16. The lowest BCUT2D eigenvalue weighted by molar-refractivity contribution is 0.0572. The standard InChI is InChI=1S/C13H14ClN3O3/c14-7-1-2-9-8(3-7)13(20)16-12(15-9)6-17-4-10(18)11(19)5-17/h1-3,10-11,18-19H,4-6H2,(H,15,16,20)/t10-,11+. The molecule has 3 rings (SSSR count). The zero-order chi connectivity index (χ0) is 14.3. The highest BCUT2D eigenvalue weighted by Gasteiger charge is 2.29. The fourth-order valence-electron chi connectivity index (χ4n) is 2.42. The van der Waals surface area contributed by atoms with E-state index in [1.165, 1.54) is 0 Å².